The van der Waals surface area contributed by atoms with Gasteiger partial charge in [0, 0.05) is 25.8 Å². The highest BCUT2D eigenvalue weighted by molar-refractivity contribution is 5.55. The van der Waals surface area contributed by atoms with Crippen molar-refractivity contribution in [3.63, 3.8) is 0 Å². The Bertz CT molecular complexity index is 396. The summed E-state index contributed by atoms with van der Waals surface area (Å²) in [6.07, 6.45) is 2.15. The topological polar surface area (TPSA) is 49.0 Å². The van der Waals surface area contributed by atoms with Gasteiger partial charge in [0.15, 0.2) is 11.5 Å². The summed E-state index contributed by atoms with van der Waals surface area (Å²) < 4.78 is 21.1. The summed E-state index contributed by atoms with van der Waals surface area (Å²) in [5, 5.41) is 3.39. The molecule has 0 amide bonds. The first-order valence-electron chi connectivity index (χ1n) is 6.76. The number of hydrogen-bond donors (Lipinski definition) is 1. The molecule has 0 saturated carbocycles. The lowest BCUT2D eigenvalue weighted by Gasteiger charge is -2.16. The van der Waals surface area contributed by atoms with Crippen molar-refractivity contribution in [2.45, 2.75) is 19.4 Å². The first kappa shape index (κ1) is 16.6. The molecular weight excluding hydrogens is 258 g/mol. The van der Waals surface area contributed by atoms with Gasteiger partial charge in [0.2, 0.25) is 5.75 Å². The lowest BCUT2D eigenvalue weighted by molar-refractivity contribution is 0.192. The summed E-state index contributed by atoms with van der Waals surface area (Å²) >= 11 is 0. The smallest absolute Gasteiger partial charge is 0.203 e. The second-order valence-corrected chi connectivity index (χ2v) is 4.37. The minimum absolute atomic E-state index is 0.633. The first-order chi connectivity index (χ1) is 9.78. The molecule has 0 atom stereocenters. The Morgan fingerprint density at radius 3 is 2.25 bits per heavy atom. The van der Waals surface area contributed by atoms with Crippen molar-refractivity contribution in [3.8, 4) is 17.2 Å². The Labute approximate surface area is 121 Å². The van der Waals surface area contributed by atoms with Gasteiger partial charge < -0.3 is 24.3 Å². The Kier molecular flexibility index (Phi) is 7.84. The van der Waals surface area contributed by atoms with Gasteiger partial charge in [0.05, 0.1) is 21.3 Å². The zero-order chi connectivity index (χ0) is 14.8. The maximum atomic E-state index is 5.44. The van der Waals surface area contributed by atoms with Gasteiger partial charge >= 0.3 is 0 Å². The second-order valence-electron chi connectivity index (χ2n) is 4.37. The Morgan fingerprint density at radius 2 is 1.65 bits per heavy atom. The van der Waals surface area contributed by atoms with Crippen LogP contribution in [0.15, 0.2) is 12.1 Å². The third-order valence-electron chi connectivity index (χ3n) is 3.05. The molecule has 0 aliphatic rings. The van der Waals surface area contributed by atoms with Gasteiger partial charge in [-0.15, -0.1) is 0 Å². The fourth-order valence-corrected chi connectivity index (χ4v) is 2.02. The van der Waals surface area contributed by atoms with Crippen LogP contribution in [0, 0.1) is 0 Å². The number of nitrogens with one attached hydrogen (secondary N) is 1. The van der Waals surface area contributed by atoms with Crippen LogP contribution in [0.2, 0.25) is 0 Å². The van der Waals surface area contributed by atoms with Crippen molar-refractivity contribution < 1.29 is 18.9 Å². The molecule has 5 heteroatoms. The maximum Gasteiger partial charge on any atom is 0.203 e. The summed E-state index contributed by atoms with van der Waals surface area (Å²) in [7, 11) is 6.59. The van der Waals surface area contributed by atoms with Crippen LogP contribution in [0.1, 0.15) is 18.4 Å². The average molecular weight is 283 g/mol. The third kappa shape index (κ3) is 4.58. The first-order valence-corrected chi connectivity index (χ1v) is 6.76. The van der Waals surface area contributed by atoms with Crippen LogP contribution < -0.4 is 19.5 Å². The molecule has 5 nitrogen and oxygen atoms in total. The van der Waals surface area contributed by atoms with E-state index in [-0.39, 0.29) is 0 Å². The van der Waals surface area contributed by atoms with Crippen molar-refractivity contribution >= 4 is 0 Å². The minimum Gasteiger partial charge on any atom is -0.493 e. The molecule has 1 aromatic carbocycles. The molecular formula is C15H25NO4. The molecule has 0 fully saturated rings. The van der Waals surface area contributed by atoms with Crippen molar-refractivity contribution in [1.29, 1.82) is 0 Å². The highest BCUT2D eigenvalue weighted by atomic mass is 16.5. The summed E-state index contributed by atoms with van der Waals surface area (Å²) in [4.78, 5) is 0. The standard InChI is InChI=1S/C15H25NO4/c1-17-10-6-5-9-16-11-12-7-8-13(18-2)15(20-4)14(12)19-3/h7-8,16H,5-6,9-11H2,1-4H3. The number of methoxy groups -OCH3 is 4. The lowest BCUT2D eigenvalue weighted by Crippen LogP contribution is -2.16. The van der Waals surface area contributed by atoms with Crippen LogP contribution in [0.25, 0.3) is 0 Å². The van der Waals surface area contributed by atoms with Gasteiger partial charge in [-0.1, -0.05) is 6.07 Å². The minimum atomic E-state index is 0.633. The van der Waals surface area contributed by atoms with Gasteiger partial charge in [0.1, 0.15) is 0 Å². The third-order valence-corrected chi connectivity index (χ3v) is 3.05. The predicted octanol–water partition coefficient (Wildman–Crippen LogP) is 2.23. The quantitative estimate of drug-likeness (QED) is 0.667. The Hall–Kier alpha value is -1.46. The van der Waals surface area contributed by atoms with Crippen LogP contribution in [-0.2, 0) is 11.3 Å². The van der Waals surface area contributed by atoms with Gasteiger partial charge in [-0.05, 0) is 25.5 Å². The Morgan fingerprint density at radius 1 is 0.900 bits per heavy atom. The van der Waals surface area contributed by atoms with Gasteiger partial charge in [-0.2, -0.15) is 0 Å². The molecule has 1 aromatic rings. The molecule has 0 bridgehead atoms. The van der Waals surface area contributed by atoms with Crippen molar-refractivity contribution in [2.24, 2.45) is 0 Å². The van der Waals surface area contributed by atoms with Gasteiger partial charge in [0.25, 0.3) is 0 Å². The normalized spacial score (nSPS) is 10.4. The van der Waals surface area contributed by atoms with Crippen LogP contribution in [0.5, 0.6) is 17.2 Å². The summed E-state index contributed by atoms with van der Waals surface area (Å²) in [5.74, 6) is 2.03. The van der Waals surface area contributed by atoms with E-state index in [1.54, 1.807) is 28.4 Å². The fourth-order valence-electron chi connectivity index (χ4n) is 2.02. The molecule has 1 N–H and O–H groups in total. The largest absolute Gasteiger partial charge is 0.493 e. The average Bonchev–Trinajstić information content (AvgIpc) is 2.49. The molecule has 0 spiro atoms. The predicted molar refractivity (Wildman–Crippen MR) is 78.9 cm³/mol. The zero-order valence-electron chi connectivity index (χ0n) is 12.8. The number of ether oxygens (including phenoxy) is 4. The van der Waals surface area contributed by atoms with Crippen LogP contribution >= 0.6 is 0 Å². The van der Waals surface area contributed by atoms with Crippen molar-refractivity contribution in [2.75, 3.05) is 41.6 Å². The zero-order valence-corrected chi connectivity index (χ0v) is 12.8. The number of benzene rings is 1. The van der Waals surface area contributed by atoms with E-state index in [4.69, 9.17) is 18.9 Å². The highest BCUT2D eigenvalue weighted by Crippen LogP contribution is 2.39. The summed E-state index contributed by atoms with van der Waals surface area (Å²) in [6.45, 7) is 2.48. The fraction of sp³-hybridized carbons (Fsp3) is 0.600. The molecule has 0 saturated heterocycles. The SMILES string of the molecule is COCCCCNCc1ccc(OC)c(OC)c1OC. The molecule has 20 heavy (non-hydrogen) atoms. The molecule has 0 aromatic heterocycles. The van der Waals surface area contributed by atoms with E-state index >= 15 is 0 Å². The number of unbranched alkanes of at least 4 members (excludes halogenated alkanes) is 1. The summed E-state index contributed by atoms with van der Waals surface area (Å²) in [6, 6.07) is 3.88. The molecule has 114 valence electrons. The molecule has 1 rings (SSSR count). The van der Waals surface area contributed by atoms with Crippen molar-refractivity contribution in [1.82, 2.24) is 5.32 Å². The van der Waals surface area contributed by atoms with Crippen LogP contribution in [0.3, 0.4) is 0 Å². The van der Waals surface area contributed by atoms with E-state index in [9.17, 15) is 0 Å². The molecule has 0 aliphatic carbocycles. The highest BCUT2D eigenvalue weighted by Gasteiger charge is 2.15. The van der Waals surface area contributed by atoms with E-state index in [2.05, 4.69) is 5.32 Å². The van der Waals surface area contributed by atoms with Gasteiger partial charge in [-0.25, -0.2) is 0 Å². The molecule has 0 heterocycles. The van der Waals surface area contributed by atoms with E-state index in [1.807, 2.05) is 12.1 Å². The summed E-state index contributed by atoms with van der Waals surface area (Å²) in [5.41, 5.74) is 1.05. The number of hydrogen-bond acceptors (Lipinski definition) is 5. The molecule has 0 radical (unpaired) electrons. The van der Waals surface area contributed by atoms with Crippen LogP contribution in [-0.4, -0.2) is 41.6 Å². The molecule has 0 aliphatic heterocycles. The van der Waals surface area contributed by atoms with Crippen LogP contribution in [0.4, 0.5) is 0 Å². The van der Waals surface area contributed by atoms with E-state index in [0.717, 1.165) is 43.9 Å². The van der Waals surface area contributed by atoms with Gasteiger partial charge in [-0.3, -0.25) is 0 Å². The molecule has 0 unspecified atom stereocenters. The number of rotatable bonds is 10. The second kappa shape index (κ2) is 9.44. The van der Waals surface area contributed by atoms with E-state index in [1.165, 1.54) is 0 Å². The van der Waals surface area contributed by atoms with E-state index in [0.29, 0.717) is 11.5 Å². The van der Waals surface area contributed by atoms with Crippen molar-refractivity contribution in [3.05, 3.63) is 17.7 Å². The lowest BCUT2D eigenvalue weighted by atomic mass is 10.1. The van der Waals surface area contributed by atoms with E-state index < -0.39 is 0 Å². The monoisotopic (exact) mass is 283 g/mol. The Balaban J connectivity index is 2.61. The maximum absolute atomic E-state index is 5.44.